The molecule has 2 N–H and O–H groups in total. The Morgan fingerprint density at radius 1 is 0.462 bits per heavy atom. The zero-order valence-electron chi connectivity index (χ0n) is 40.1. The first-order chi connectivity index (χ1) is 31.1. The number of amides is 1. The van der Waals surface area contributed by atoms with Crippen molar-refractivity contribution in [3.63, 3.8) is 0 Å². The Kier molecular flexibility index (Phi) is 15.0. The maximum atomic E-state index is 14.4. The van der Waals surface area contributed by atoms with Crippen LogP contribution in [0, 0.1) is 10.8 Å². The molecule has 0 spiro atoms. The molecular weight excluding hydrogens is 805 g/mol. The van der Waals surface area contributed by atoms with Crippen molar-refractivity contribution in [2.75, 3.05) is 10.6 Å². The van der Waals surface area contributed by atoms with Gasteiger partial charge in [-0.2, -0.15) is 0 Å². The Morgan fingerprint density at radius 3 is 1.31 bits per heavy atom. The van der Waals surface area contributed by atoms with Gasteiger partial charge < -0.3 is 24.8 Å². The van der Waals surface area contributed by atoms with Crippen LogP contribution in [0.4, 0.5) is 11.4 Å². The minimum atomic E-state index is -0.929. The van der Waals surface area contributed by atoms with Crippen LogP contribution < -0.4 is 24.8 Å². The largest absolute Gasteiger partial charge is 0.488 e. The Balaban J connectivity index is 1.22. The van der Waals surface area contributed by atoms with E-state index in [1.165, 1.54) is 0 Å². The number of anilines is 2. The summed E-state index contributed by atoms with van der Waals surface area (Å²) in [6.07, 6.45) is 3.93. The molecule has 7 heteroatoms. The van der Waals surface area contributed by atoms with Crippen LogP contribution in [0.25, 0.3) is 0 Å². The highest BCUT2D eigenvalue weighted by atomic mass is 16.5. The number of carbonyl (C=O) groups is 2. The Labute approximate surface area is 388 Å². The summed E-state index contributed by atoms with van der Waals surface area (Å²) < 4.78 is 19.0. The van der Waals surface area contributed by atoms with Crippen LogP contribution in [0.5, 0.6) is 23.0 Å². The summed E-state index contributed by atoms with van der Waals surface area (Å²) in [5, 5.41) is 6.73. The molecule has 65 heavy (non-hydrogen) atoms. The van der Waals surface area contributed by atoms with Gasteiger partial charge in [0.1, 0.15) is 28.6 Å². The molecule has 0 radical (unpaired) electrons. The van der Waals surface area contributed by atoms with Crippen LogP contribution in [-0.4, -0.2) is 23.0 Å². The molecule has 7 nitrogen and oxygen atoms in total. The van der Waals surface area contributed by atoms with E-state index in [-0.39, 0.29) is 17.5 Å². The molecule has 0 saturated carbocycles. The third-order valence-corrected chi connectivity index (χ3v) is 14.1. The van der Waals surface area contributed by atoms with E-state index in [0.717, 1.165) is 58.6 Å². The number of benzene rings is 6. The first-order valence-corrected chi connectivity index (χ1v) is 23.3. The van der Waals surface area contributed by atoms with Crippen molar-refractivity contribution in [1.29, 1.82) is 0 Å². The minimum Gasteiger partial charge on any atom is -0.488 e. The molecule has 340 valence electrons. The van der Waals surface area contributed by atoms with Gasteiger partial charge in [0.15, 0.2) is 0 Å². The molecule has 0 aliphatic rings. The van der Waals surface area contributed by atoms with E-state index in [4.69, 9.17) is 14.2 Å². The molecule has 0 saturated heterocycles. The van der Waals surface area contributed by atoms with Crippen molar-refractivity contribution in [2.45, 2.75) is 118 Å². The Hall–Kier alpha value is -6.34. The maximum absolute atomic E-state index is 14.4. The van der Waals surface area contributed by atoms with Gasteiger partial charge in [-0.1, -0.05) is 133 Å². The standard InChI is InChI=1S/C58H68N2O5/c1-11-54(6,7)52(61)59-46-30-38-48(39-31-46)63-49-40-32-47(33-41-49)60-57(14-4,15-5)55(8,9)53(62)64-50-34-26-44(27-35-50)58(42-22-18-16-19-23-42,43-24-20-17-21-25-43)45-28-36-51(37-29-45)65-56(10,12-2)13-3/h16-41,60H,11-15H2,1-10H3,(H,59,61). The molecule has 0 atom stereocenters. The lowest BCUT2D eigenvalue weighted by Gasteiger charge is -2.45. The van der Waals surface area contributed by atoms with E-state index in [2.05, 4.69) is 130 Å². The van der Waals surface area contributed by atoms with E-state index < -0.39 is 21.8 Å². The fourth-order valence-corrected chi connectivity index (χ4v) is 8.58. The highest BCUT2D eigenvalue weighted by molar-refractivity contribution is 5.94. The molecule has 6 aromatic carbocycles. The third kappa shape index (κ3) is 10.3. The number of carbonyl (C=O) groups excluding carboxylic acids is 2. The van der Waals surface area contributed by atoms with Crippen molar-refractivity contribution in [2.24, 2.45) is 10.8 Å². The summed E-state index contributed by atoms with van der Waals surface area (Å²) in [4.78, 5) is 27.0. The Morgan fingerprint density at radius 2 is 0.877 bits per heavy atom. The SMILES string of the molecule is CCC(C)(CC)Oc1ccc(C(c2ccccc2)(c2ccccc2)c2ccc(OC(=O)C(C)(C)C(CC)(CC)Nc3ccc(Oc4ccc(NC(=O)C(C)(C)CC)cc4)cc3)cc2)cc1. The average Bonchev–Trinajstić information content (AvgIpc) is 3.33. The van der Waals surface area contributed by atoms with Gasteiger partial charge in [-0.3, -0.25) is 9.59 Å². The number of rotatable bonds is 20. The first kappa shape index (κ1) is 48.1. The summed E-state index contributed by atoms with van der Waals surface area (Å²) in [6, 6.07) is 52.8. The minimum absolute atomic E-state index is 0.0155. The molecular formula is C58H68N2O5. The zero-order chi connectivity index (χ0) is 46.9. The van der Waals surface area contributed by atoms with Gasteiger partial charge in [-0.25, -0.2) is 0 Å². The number of esters is 1. The van der Waals surface area contributed by atoms with Crippen LogP contribution in [-0.2, 0) is 15.0 Å². The second kappa shape index (κ2) is 20.2. The number of ether oxygens (including phenoxy) is 3. The summed E-state index contributed by atoms with van der Waals surface area (Å²) >= 11 is 0. The average molecular weight is 873 g/mol. The van der Waals surface area contributed by atoms with Gasteiger partial charge in [0, 0.05) is 16.8 Å². The van der Waals surface area contributed by atoms with Crippen LogP contribution in [0.3, 0.4) is 0 Å². The molecule has 6 aromatic rings. The van der Waals surface area contributed by atoms with Gasteiger partial charge in [-0.15, -0.1) is 0 Å². The van der Waals surface area contributed by atoms with E-state index in [1.54, 1.807) is 0 Å². The van der Waals surface area contributed by atoms with Crippen LogP contribution >= 0.6 is 0 Å². The quantitative estimate of drug-likeness (QED) is 0.0451. The van der Waals surface area contributed by atoms with E-state index in [1.807, 2.05) is 107 Å². The molecule has 0 aliphatic heterocycles. The predicted octanol–water partition coefficient (Wildman–Crippen LogP) is 14.8. The van der Waals surface area contributed by atoms with Gasteiger partial charge in [0.25, 0.3) is 0 Å². The second-order valence-electron chi connectivity index (χ2n) is 18.6. The third-order valence-electron chi connectivity index (χ3n) is 14.1. The van der Waals surface area contributed by atoms with E-state index in [0.29, 0.717) is 30.1 Å². The molecule has 0 fully saturated rings. The lowest BCUT2D eigenvalue weighted by Crippen LogP contribution is -2.55. The van der Waals surface area contributed by atoms with Crippen LogP contribution in [0.15, 0.2) is 158 Å². The number of hydrogen-bond donors (Lipinski definition) is 2. The fraction of sp³-hybridized carbons (Fsp3) is 0.345. The molecule has 0 bridgehead atoms. The lowest BCUT2D eigenvalue weighted by molar-refractivity contribution is -0.147. The van der Waals surface area contributed by atoms with Crippen molar-refractivity contribution in [3.05, 3.63) is 180 Å². The van der Waals surface area contributed by atoms with Crippen molar-refractivity contribution < 1.29 is 23.8 Å². The van der Waals surface area contributed by atoms with Crippen LogP contribution in [0.1, 0.15) is 124 Å². The molecule has 1 amide bonds. The maximum Gasteiger partial charge on any atom is 0.319 e. The zero-order valence-corrected chi connectivity index (χ0v) is 40.1. The summed E-state index contributed by atoms with van der Waals surface area (Å²) in [6.45, 7) is 20.5. The lowest BCUT2D eigenvalue weighted by atomic mass is 9.65. The summed E-state index contributed by atoms with van der Waals surface area (Å²) in [5.41, 5.74) is 3.03. The van der Waals surface area contributed by atoms with Gasteiger partial charge in [0.05, 0.1) is 16.4 Å². The van der Waals surface area contributed by atoms with Gasteiger partial charge >= 0.3 is 5.97 Å². The topological polar surface area (TPSA) is 85.9 Å². The van der Waals surface area contributed by atoms with Crippen molar-refractivity contribution in [3.8, 4) is 23.0 Å². The fourth-order valence-electron chi connectivity index (χ4n) is 8.58. The van der Waals surface area contributed by atoms with E-state index >= 15 is 0 Å². The van der Waals surface area contributed by atoms with Crippen molar-refractivity contribution in [1.82, 2.24) is 0 Å². The number of hydrogen-bond acceptors (Lipinski definition) is 6. The van der Waals surface area contributed by atoms with Crippen molar-refractivity contribution >= 4 is 23.3 Å². The second-order valence-corrected chi connectivity index (χ2v) is 18.6. The smallest absolute Gasteiger partial charge is 0.319 e. The molecule has 0 aromatic heterocycles. The molecule has 6 rings (SSSR count). The molecule has 0 aliphatic carbocycles. The monoisotopic (exact) mass is 873 g/mol. The molecule has 0 heterocycles. The Bertz CT molecular complexity index is 2410. The first-order valence-electron chi connectivity index (χ1n) is 23.3. The van der Waals surface area contributed by atoms with Gasteiger partial charge in [-0.05, 0) is 148 Å². The predicted molar refractivity (Wildman–Crippen MR) is 266 cm³/mol. The van der Waals surface area contributed by atoms with E-state index in [9.17, 15) is 9.59 Å². The normalized spacial score (nSPS) is 12.3. The molecule has 0 unspecified atom stereocenters. The van der Waals surface area contributed by atoms with Crippen LogP contribution in [0.2, 0.25) is 0 Å². The summed E-state index contributed by atoms with van der Waals surface area (Å²) in [7, 11) is 0. The van der Waals surface area contributed by atoms with Gasteiger partial charge in [0.2, 0.25) is 5.91 Å². The number of nitrogens with one attached hydrogen (secondary N) is 2. The summed E-state index contributed by atoms with van der Waals surface area (Å²) in [5.74, 6) is 2.31. The highest BCUT2D eigenvalue weighted by Crippen LogP contribution is 2.47. The highest BCUT2D eigenvalue weighted by Gasteiger charge is 2.49.